The number of aryl methyl sites for hydroxylation is 1. The average Bonchev–Trinajstić information content (AvgIpc) is 3.41. The zero-order valence-corrected chi connectivity index (χ0v) is 26.3. The van der Waals surface area contributed by atoms with Crippen LogP contribution in [0.3, 0.4) is 0 Å². The molecule has 4 aromatic rings. The molecule has 3 aliphatic heterocycles. The standard InChI is InChI=1S/C35H42N4O5/c1-23-30(31(33(40)41)44-34(2,3)4)32-38-17-15-35(5,16-18-38)43-20-9-8-19-42-28-14-7-6-13-26(28)24-11-10-12-25(21-24)27-22-29(36-23)39(32)37-27/h6-7,10-14,21-22,31H,8-9,15-20H2,1-5H3,(H,40,41)/t31-/m0/s1. The normalized spacial score (nSPS) is 17.8. The number of hydrogen-bond acceptors (Lipinski definition) is 7. The molecule has 0 amide bonds. The minimum absolute atomic E-state index is 0.267. The first-order valence-electron chi connectivity index (χ1n) is 15.5. The fraction of sp³-hybridized carbons (Fsp3) is 0.457. The van der Waals surface area contributed by atoms with Gasteiger partial charge in [0.2, 0.25) is 0 Å². The molecule has 0 saturated carbocycles. The van der Waals surface area contributed by atoms with Gasteiger partial charge < -0.3 is 24.2 Å². The summed E-state index contributed by atoms with van der Waals surface area (Å²) >= 11 is 0. The topological polar surface area (TPSA) is 98.4 Å². The summed E-state index contributed by atoms with van der Waals surface area (Å²) in [5.41, 5.74) is 4.59. The number of carboxylic acids is 1. The van der Waals surface area contributed by atoms with Gasteiger partial charge in [0.1, 0.15) is 11.6 Å². The molecular weight excluding hydrogens is 556 g/mol. The molecule has 2 aromatic heterocycles. The number of anilines is 1. The zero-order valence-electron chi connectivity index (χ0n) is 26.3. The first-order chi connectivity index (χ1) is 21.0. The van der Waals surface area contributed by atoms with Gasteiger partial charge in [0.15, 0.2) is 11.8 Å². The fourth-order valence-electron chi connectivity index (χ4n) is 6.17. The number of carboxylic acid groups (broad SMARTS) is 1. The largest absolute Gasteiger partial charge is 0.493 e. The van der Waals surface area contributed by atoms with E-state index in [1.807, 2.05) is 64.1 Å². The van der Waals surface area contributed by atoms with E-state index in [0.717, 1.165) is 53.8 Å². The van der Waals surface area contributed by atoms with Crippen LogP contribution in [0, 0.1) is 6.92 Å². The zero-order chi connectivity index (χ0) is 31.1. The van der Waals surface area contributed by atoms with Crippen molar-refractivity contribution in [1.29, 1.82) is 0 Å². The molecule has 9 nitrogen and oxygen atoms in total. The molecule has 44 heavy (non-hydrogen) atoms. The summed E-state index contributed by atoms with van der Waals surface area (Å²) in [6.45, 7) is 12.3. The minimum Gasteiger partial charge on any atom is -0.493 e. The Hall–Kier alpha value is -3.95. The lowest BCUT2D eigenvalue weighted by atomic mass is 9.92. The maximum absolute atomic E-state index is 12.8. The number of para-hydroxylation sites is 1. The number of aliphatic carboxylic acids is 1. The first-order valence-corrected chi connectivity index (χ1v) is 15.5. The van der Waals surface area contributed by atoms with E-state index in [4.69, 9.17) is 24.3 Å². The molecule has 6 bridgehead atoms. The number of fused-ring (bicyclic) bond motifs is 7. The van der Waals surface area contributed by atoms with Crippen molar-refractivity contribution in [3.63, 3.8) is 0 Å². The molecular formula is C35H42N4O5. The van der Waals surface area contributed by atoms with Crippen LogP contribution >= 0.6 is 0 Å². The monoisotopic (exact) mass is 598 g/mol. The number of aromatic nitrogens is 3. The molecule has 9 heteroatoms. The summed E-state index contributed by atoms with van der Waals surface area (Å²) < 4.78 is 20.7. The summed E-state index contributed by atoms with van der Waals surface area (Å²) in [5, 5.41) is 15.5. The third-order valence-electron chi connectivity index (χ3n) is 8.49. The van der Waals surface area contributed by atoms with Crippen molar-refractivity contribution in [2.75, 3.05) is 31.2 Å². The third-order valence-corrected chi connectivity index (χ3v) is 8.49. The van der Waals surface area contributed by atoms with Gasteiger partial charge >= 0.3 is 5.97 Å². The molecule has 1 saturated heterocycles. The van der Waals surface area contributed by atoms with Crippen molar-refractivity contribution in [2.24, 2.45) is 0 Å². The Morgan fingerprint density at radius 2 is 1.75 bits per heavy atom. The number of ether oxygens (including phenoxy) is 3. The van der Waals surface area contributed by atoms with Crippen LogP contribution in [0.2, 0.25) is 0 Å². The second kappa shape index (κ2) is 11.9. The Morgan fingerprint density at radius 3 is 2.50 bits per heavy atom. The first kappa shape index (κ1) is 30.1. The Labute approximate surface area is 258 Å². The fourth-order valence-corrected chi connectivity index (χ4v) is 6.17. The predicted molar refractivity (Wildman–Crippen MR) is 170 cm³/mol. The number of piperidine rings is 1. The van der Waals surface area contributed by atoms with Gasteiger partial charge in [-0.25, -0.2) is 9.78 Å². The highest BCUT2D eigenvalue weighted by Gasteiger charge is 2.37. The van der Waals surface area contributed by atoms with Gasteiger partial charge in [-0.2, -0.15) is 9.61 Å². The van der Waals surface area contributed by atoms with E-state index in [9.17, 15) is 9.90 Å². The Kier molecular flexibility index (Phi) is 8.11. The number of benzene rings is 2. The van der Waals surface area contributed by atoms with Gasteiger partial charge in [-0.3, -0.25) is 0 Å². The van der Waals surface area contributed by atoms with Gasteiger partial charge in [-0.15, -0.1) is 0 Å². The highest BCUT2D eigenvalue weighted by molar-refractivity contribution is 5.80. The van der Waals surface area contributed by atoms with Crippen LogP contribution in [0.15, 0.2) is 54.6 Å². The van der Waals surface area contributed by atoms with Crippen LogP contribution < -0.4 is 9.64 Å². The molecule has 1 N–H and O–H groups in total. The van der Waals surface area contributed by atoms with Crippen LogP contribution in [0.5, 0.6) is 5.75 Å². The molecule has 1 fully saturated rings. The summed E-state index contributed by atoms with van der Waals surface area (Å²) in [7, 11) is 0. The van der Waals surface area contributed by atoms with Crippen LogP contribution in [0.1, 0.15) is 70.7 Å². The lowest BCUT2D eigenvalue weighted by molar-refractivity contribution is -0.160. The van der Waals surface area contributed by atoms with Crippen LogP contribution in [-0.2, 0) is 14.3 Å². The maximum Gasteiger partial charge on any atom is 0.337 e. The summed E-state index contributed by atoms with van der Waals surface area (Å²) in [4.78, 5) is 19.9. The highest BCUT2D eigenvalue weighted by Crippen LogP contribution is 2.39. The molecule has 0 unspecified atom stereocenters. The average molecular weight is 599 g/mol. The van der Waals surface area contributed by atoms with Gasteiger partial charge in [-0.05, 0) is 78.0 Å². The molecule has 2 aromatic carbocycles. The van der Waals surface area contributed by atoms with E-state index in [-0.39, 0.29) is 5.60 Å². The lowest BCUT2D eigenvalue weighted by Gasteiger charge is -2.41. The quantitative estimate of drug-likeness (QED) is 0.273. The summed E-state index contributed by atoms with van der Waals surface area (Å²) in [6.07, 6.45) is 2.20. The SMILES string of the molecule is Cc1nc2cc3nn2c(c1[C@H](OC(C)(C)C)C(=O)O)N1CCC(C)(CC1)OCCCCOc1ccccc1-c1cccc-3c1. The van der Waals surface area contributed by atoms with Crippen LogP contribution in [-0.4, -0.2) is 63.2 Å². The number of nitrogens with zero attached hydrogens (tertiary/aromatic N) is 4. The molecule has 7 rings (SSSR count). The summed E-state index contributed by atoms with van der Waals surface area (Å²) in [6, 6.07) is 18.3. The molecule has 1 atom stereocenters. The molecule has 0 radical (unpaired) electrons. The minimum atomic E-state index is -1.21. The molecule has 5 heterocycles. The van der Waals surface area contributed by atoms with Crippen molar-refractivity contribution in [3.05, 3.63) is 65.9 Å². The Morgan fingerprint density at radius 1 is 1.02 bits per heavy atom. The molecule has 3 aliphatic rings. The second-order valence-corrected chi connectivity index (χ2v) is 13.1. The van der Waals surface area contributed by atoms with Gasteiger partial charge in [0.05, 0.1) is 29.1 Å². The van der Waals surface area contributed by atoms with Crippen molar-refractivity contribution < 1.29 is 24.1 Å². The predicted octanol–water partition coefficient (Wildman–Crippen LogP) is 6.86. The Bertz CT molecular complexity index is 1670. The van der Waals surface area contributed by atoms with Crippen molar-refractivity contribution in [1.82, 2.24) is 14.6 Å². The van der Waals surface area contributed by atoms with E-state index in [0.29, 0.717) is 49.0 Å². The van der Waals surface area contributed by atoms with E-state index in [1.54, 1.807) is 4.52 Å². The van der Waals surface area contributed by atoms with Gasteiger partial charge in [-0.1, -0.05) is 36.4 Å². The van der Waals surface area contributed by atoms with Crippen molar-refractivity contribution >= 4 is 17.4 Å². The lowest BCUT2D eigenvalue weighted by Crippen LogP contribution is -2.46. The van der Waals surface area contributed by atoms with E-state index in [2.05, 4.69) is 30.0 Å². The second-order valence-electron chi connectivity index (χ2n) is 13.1. The number of rotatable bonds is 3. The third kappa shape index (κ3) is 6.16. The maximum atomic E-state index is 12.8. The van der Waals surface area contributed by atoms with E-state index < -0.39 is 17.7 Å². The van der Waals surface area contributed by atoms with E-state index >= 15 is 0 Å². The Balaban J connectivity index is 1.54. The number of carbonyl (C=O) groups is 1. The molecule has 232 valence electrons. The molecule has 0 aliphatic carbocycles. The highest BCUT2D eigenvalue weighted by atomic mass is 16.5. The summed E-state index contributed by atoms with van der Waals surface area (Å²) in [5.74, 6) is 0.507. The van der Waals surface area contributed by atoms with Gasteiger partial charge in [0.25, 0.3) is 0 Å². The molecule has 0 spiro atoms. The van der Waals surface area contributed by atoms with Crippen LogP contribution in [0.25, 0.3) is 28.0 Å². The van der Waals surface area contributed by atoms with Gasteiger partial charge in [0, 0.05) is 42.6 Å². The smallest absolute Gasteiger partial charge is 0.337 e. The van der Waals surface area contributed by atoms with Crippen LogP contribution in [0.4, 0.5) is 5.82 Å². The van der Waals surface area contributed by atoms with E-state index in [1.165, 1.54) is 0 Å². The van der Waals surface area contributed by atoms with Crippen molar-refractivity contribution in [2.45, 2.75) is 77.6 Å². The number of hydrogen-bond donors (Lipinski definition) is 1. The van der Waals surface area contributed by atoms with Crippen molar-refractivity contribution in [3.8, 4) is 28.1 Å².